The van der Waals surface area contributed by atoms with E-state index in [9.17, 15) is 13.2 Å². The second-order valence-electron chi connectivity index (χ2n) is 4.75. The van der Waals surface area contributed by atoms with Gasteiger partial charge < -0.3 is 4.90 Å². The zero-order chi connectivity index (χ0) is 14.8. The van der Waals surface area contributed by atoms with Crippen molar-refractivity contribution in [3.8, 4) is 0 Å². The molecule has 1 saturated heterocycles. The average Bonchev–Trinajstić information content (AvgIpc) is 2.85. The quantitative estimate of drug-likeness (QED) is 0.816. The summed E-state index contributed by atoms with van der Waals surface area (Å²) < 4.78 is 25.3. The normalized spacial score (nSPS) is 17.4. The van der Waals surface area contributed by atoms with Crippen molar-refractivity contribution in [2.24, 2.45) is 0 Å². The number of sulfonamides is 1. The molecule has 1 N–H and O–H groups in total. The molecule has 0 atom stereocenters. The first-order valence-electron chi connectivity index (χ1n) is 6.60. The second-order valence-corrected chi connectivity index (χ2v) is 6.84. The molecule has 2 heterocycles. The number of aryl methyl sites for hydroxylation is 1. The number of amides is 1. The van der Waals surface area contributed by atoms with E-state index in [0.717, 1.165) is 0 Å². The molecular formula is C11H19N5O3S. The lowest BCUT2D eigenvalue weighted by molar-refractivity contribution is 0.0686. The van der Waals surface area contributed by atoms with Crippen LogP contribution in [0.4, 0.5) is 0 Å². The van der Waals surface area contributed by atoms with Gasteiger partial charge in [0.05, 0.1) is 5.75 Å². The average molecular weight is 301 g/mol. The van der Waals surface area contributed by atoms with E-state index in [1.165, 1.54) is 4.31 Å². The summed E-state index contributed by atoms with van der Waals surface area (Å²) in [4.78, 5) is 17.7. The number of hydrogen-bond acceptors (Lipinski definition) is 5. The fourth-order valence-corrected chi connectivity index (χ4v) is 3.63. The van der Waals surface area contributed by atoms with E-state index in [1.807, 2.05) is 6.92 Å². The van der Waals surface area contributed by atoms with Crippen LogP contribution in [0.5, 0.6) is 0 Å². The second kappa shape index (κ2) is 5.88. The third-order valence-corrected chi connectivity index (χ3v) is 5.25. The lowest BCUT2D eigenvalue weighted by Crippen LogP contribution is -2.51. The minimum Gasteiger partial charge on any atom is -0.333 e. The van der Waals surface area contributed by atoms with Gasteiger partial charge in [0.2, 0.25) is 15.8 Å². The van der Waals surface area contributed by atoms with E-state index < -0.39 is 10.0 Å². The molecular weight excluding hydrogens is 282 g/mol. The molecule has 0 bridgehead atoms. The summed E-state index contributed by atoms with van der Waals surface area (Å²) >= 11 is 0. The van der Waals surface area contributed by atoms with Crippen molar-refractivity contribution < 1.29 is 13.2 Å². The summed E-state index contributed by atoms with van der Waals surface area (Å²) in [7, 11) is -3.19. The number of piperazine rings is 1. The van der Waals surface area contributed by atoms with Gasteiger partial charge in [-0.05, 0) is 13.3 Å². The molecule has 9 heteroatoms. The number of nitrogens with zero attached hydrogens (tertiary/aromatic N) is 4. The van der Waals surface area contributed by atoms with Gasteiger partial charge in [0.25, 0.3) is 5.91 Å². The predicted octanol–water partition coefficient (Wildman–Crippen LogP) is -0.389. The van der Waals surface area contributed by atoms with Crippen molar-refractivity contribution in [3.63, 3.8) is 0 Å². The topological polar surface area (TPSA) is 99.3 Å². The highest BCUT2D eigenvalue weighted by Crippen LogP contribution is 2.10. The van der Waals surface area contributed by atoms with Crippen LogP contribution in [0.15, 0.2) is 0 Å². The van der Waals surface area contributed by atoms with Crippen LogP contribution >= 0.6 is 0 Å². The summed E-state index contributed by atoms with van der Waals surface area (Å²) in [5.74, 6) is 0.605. The van der Waals surface area contributed by atoms with E-state index in [2.05, 4.69) is 15.2 Å². The Morgan fingerprint density at radius 3 is 2.45 bits per heavy atom. The molecule has 112 valence electrons. The van der Waals surface area contributed by atoms with Gasteiger partial charge in [0.15, 0.2) is 0 Å². The number of aromatic amines is 1. The Hall–Kier alpha value is -1.48. The van der Waals surface area contributed by atoms with Gasteiger partial charge in [-0.15, -0.1) is 5.10 Å². The Balaban J connectivity index is 1.96. The summed E-state index contributed by atoms with van der Waals surface area (Å²) in [6.07, 6.45) is 0.595. The highest BCUT2D eigenvalue weighted by atomic mass is 32.2. The highest BCUT2D eigenvalue weighted by molar-refractivity contribution is 7.89. The Morgan fingerprint density at radius 2 is 1.95 bits per heavy atom. The maximum atomic E-state index is 12.1. The maximum Gasteiger partial charge on any atom is 0.293 e. The van der Waals surface area contributed by atoms with Crippen LogP contribution in [0.25, 0.3) is 0 Å². The number of nitrogens with one attached hydrogen (secondary N) is 1. The van der Waals surface area contributed by atoms with Crippen LogP contribution in [-0.4, -0.2) is 70.6 Å². The molecule has 1 amide bonds. The first kappa shape index (κ1) is 14.9. The van der Waals surface area contributed by atoms with Crippen molar-refractivity contribution in [2.45, 2.75) is 20.3 Å². The Labute approximate surface area is 118 Å². The van der Waals surface area contributed by atoms with Crippen molar-refractivity contribution in [1.82, 2.24) is 24.4 Å². The molecule has 8 nitrogen and oxygen atoms in total. The van der Waals surface area contributed by atoms with Crippen LogP contribution < -0.4 is 0 Å². The summed E-state index contributed by atoms with van der Waals surface area (Å²) in [6, 6.07) is 0. The number of carbonyl (C=O) groups excluding carboxylic acids is 1. The van der Waals surface area contributed by atoms with Crippen molar-refractivity contribution >= 4 is 15.9 Å². The number of rotatable bonds is 4. The number of hydrogen-bond donors (Lipinski definition) is 1. The van der Waals surface area contributed by atoms with Gasteiger partial charge in [-0.1, -0.05) is 6.92 Å². The Bertz CT molecular complexity index is 575. The number of aromatic nitrogens is 3. The summed E-state index contributed by atoms with van der Waals surface area (Å²) in [5, 5.41) is 6.45. The van der Waals surface area contributed by atoms with Gasteiger partial charge in [-0.25, -0.2) is 13.4 Å². The zero-order valence-electron chi connectivity index (χ0n) is 11.7. The third kappa shape index (κ3) is 3.15. The first-order valence-corrected chi connectivity index (χ1v) is 8.21. The molecule has 1 aliphatic rings. The van der Waals surface area contributed by atoms with Crippen LogP contribution in [-0.2, 0) is 10.0 Å². The van der Waals surface area contributed by atoms with Crippen LogP contribution in [0.3, 0.4) is 0 Å². The molecule has 2 rings (SSSR count). The predicted molar refractivity (Wildman–Crippen MR) is 72.7 cm³/mol. The van der Waals surface area contributed by atoms with Gasteiger partial charge in [-0.2, -0.15) is 4.31 Å². The monoisotopic (exact) mass is 301 g/mol. The third-order valence-electron chi connectivity index (χ3n) is 3.17. The molecule has 0 aliphatic carbocycles. The van der Waals surface area contributed by atoms with E-state index in [4.69, 9.17) is 0 Å². The molecule has 1 aromatic rings. The maximum absolute atomic E-state index is 12.1. The molecule has 0 saturated carbocycles. The Kier molecular flexibility index (Phi) is 4.39. The molecule has 1 fully saturated rings. The first-order chi connectivity index (χ1) is 9.44. The van der Waals surface area contributed by atoms with Crippen molar-refractivity contribution in [1.29, 1.82) is 0 Å². The highest BCUT2D eigenvalue weighted by Gasteiger charge is 2.29. The minimum absolute atomic E-state index is 0.132. The molecule has 0 radical (unpaired) electrons. The number of carbonyl (C=O) groups is 1. The fourth-order valence-electron chi connectivity index (χ4n) is 2.14. The van der Waals surface area contributed by atoms with Crippen LogP contribution in [0, 0.1) is 6.92 Å². The molecule has 0 aromatic carbocycles. The fraction of sp³-hybridized carbons (Fsp3) is 0.727. The van der Waals surface area contributed by atoms with Crippen molar-refractivity contribution in [2.75, 3.05) is 31.9 Å². The minimum atomic E-state index is -3.19. The standard InChI is InChI=1S/C11H19N5O3S/c1-3-8-20(18,19)16-6-4-15(5-7-16)11(17)10-12-9(2)13-14-10/h3-8H2,1-2H3,(H,12,13,14). The largest absolute Gasteiger partial charge is 0.333 e. The van der Waals surface area contributed by atoms with E-state index in [-0.39, 0.29) is 17.5 Å². The SMILES string of the molecule is CCCS(=O)(=O)N1CCN(C(=O)c2n[nH]c(C)n2)CC1. The Morgan fingerprint density at radius 1 is 1.30 bits per heavy atom. The van der Waals surface area contributed by atoms with Gasteiger partial charge in [-0.3, -0.25) is 9.89 Å². The molecule has 20 heavy (non-hydrogen) atoms. The molecule has 0 unspecified atom stereocenters. The number of H-pyrrole nitrogens is 1. The van der Waals surface area contributed by atoms with Crippen molar-refractivity contribution in [3.05, 3.63) is 11.6 Å². The zero-order valence-corrected chi connectivity index (χ0v) is 12.5. The van der Waals surface area contributed by atoms with Gasteiger partial charge in [0, 0.05) is 26.2 Å². The lowest BCUT2D eigenvalue weighted by atomic mass is 10.3. The molecule has 1 aromatic heterocycles. The van der Waals surface area contributed by atoms with E-state index in [1.54, 1.807) is 11.8 Å². The lowest BCUT2D eigenvalue weighted by Gasteiger charge is -2.33. The molecule has 0 spiro atoms. The van der Waals surface area contributed by atoms with E-state index >= 15 is 0 Å². The summed E-state index contributed by atoms with van der Waals surface area (Å²) in [5.41, 5.74) is 0. The smallest absolute Gasteiger partial charge is 0.293 e. The van der Waals surface area contributed by atoms with E-state index in [0.29, 0.717) is 38.4 Å². The van der Waals surface area contributed by atoms with Gasteiger partial charge in [0.1, 0.15) is 5.82 Å². The molecule has 1 aliphatic heterocycles. The van der Waals surface area contributed by atoms with Crippen LogP contribution in [0.2, 0.25) is 0 Å². The van der Waals surface area contributed by atoms with Gasteiger partial charge >= 0.3 is 0 Å². The summed E-state index contributed by atoms with van der Waals surface area (Å²) in [6.45, 7) is 4.96. The van der Waals surface area contributed by atoms with Crippen LogP contribution in [0.1, 0.15) is 29.8 Å².